The van der Waals surface area contributed by atoms with Gasteiger partial charge in [-0.25, -0.2) is 0 Å². The van der Waals surface area contributed by atoms with E-state index >= 15 is 0 Å². The molecule has 0 amide bonds. The van der Waals surface area contributed by atoms with Crippen LogP contribution in [0.15, 0.2) is 23.8 Å². The molecule has 1 fully saturated rings. The van der Waals surface area contributed by atoms with Crippen molar-refractivity contribution in [2.75, 3.05) is 0 Å². The van der Waals surface area contributed by atoms with Gasteiger partial charge < -0.3 is 14.6 Å². The summed E-state index contributed by atoms with van der Waals surface area (Å²) in [5, 5.41) is 10.1. The minimum absolute atomic E-state index is 0.149. The van der Waals surface area contributed by atoms with Crippen LogP contribution in [0.3, 0.4) is 0 Å². The molecule has 1 N–H and O–H groups in total. The number of hydrogen-bond acceptors (Lipinski definition) is 5. The molecule has 30 heavy (non-hydrogen) atoms. The summed E-state index contributed by atoms with van der Waals surface area (Å²) in [7, 11) is 0. The zero-order chi connectivity index (χ0) is 33.1. The molecule has 0 aromatic carbocycles. The Morgan fingerprint density at radius 2 is 2.30 bits per heavy atom. The van der Waals surface area contributed by atoms with Gasteiger partial charge >= 0.3 is 11.9 Å². The molecule has 5 nitrogen and oxygen atoms in total. The van der Waals surface area contributed by atoms with E-state index in [4.69, 9.17) is 27.3 Å². The fraction of sp³-hybridized carbons (Fsp3) is 0.760. The van der Waals surface area contributed by atoms with Crippen LogP contribution >= 0.6 is 0 Å². The van der Waals surface area contributed by atoms with Gasteiger partial charge in [-0.15, -0.1) is 0 Å². The van der Waals surface area contributed by atoms with Gasteiger partial charge in [-0.3, -0.25) is 9.59 Å². The molecule has 0 spiro atoms. The Morgan fingerprint density at radius 1 is 1.47 bits per heavy atom. The first-order chi connectivity index (χ1) is 19.3. The highest BCUT2D eigenvalue weighted by molar-refractivity contribution is 5.76. The van der Waals surface area contributed by atoms with E-state index in [-0.39, 0.29) is 31.1 Å². The molecule has 5 heteroatoms. The fourth-order valence-corrected chi connectivity index (χ4v) is 4.55. The molecule has 8 atom stereocenters. The van der Waals surface area contributed by atoms with Gasteiger partial charge in [0.15, 0.2) is 0 Å². The van der Waals surface area contributed by atoms with E-state index < -0.39 is 80.8 Å². The van der Waals surface area contributed by atoms with Crippen LogP contribution in [-0.2, 0) is 19.1 Å². The molecule has 168 valence electrons. The molecule has 1 aliphatic heterocycles. The maximum Gasteiger partial charge on any atom is 0.311 e. The van der Waals surface area contributed by atoms with Crippen molar-refractivity contribution < 1.29 is 42.0 Å². The number of allylic oxidation sites excluding steroid dienone is 3. The van der Waals surface area contributed by atoms with Gasteiger partial charge in [-0.05, 0) is 62.7 Å². The van der Waals surface area contributed by atoms with E-state index in [1.54, 1.807) is 12.2 Å². The largest absolute Gasteiger partial charge is 0.462 e. The first-order valence-electron chi connectivity index (χ1n) is 16.8. The van der Waals surface area contributed by atoms with E-state index in [2.05, 4.69) is 0 Å². The van der Waals surface area contributed by atoms with E-state index in [0.717, 1.165) is 0 Å². The lowest BCUT2D eigenvalue weighted by Crippen LogP contribution is -2.43. The Kier molecular flexibility index (Phi) is 3.49. The summed E-state index contributed by atoms with van der Waals surface area (Å²) in [5.74, 6) is -5.21. The first-order valence-corrected chi connectivity index (χ1v) is 10.3. The maximum atomic E-state index is 13.7. The van der Waals surface area contributed by atoms with Crippen molar-refractivity contribution in [3.05, 3.63) is 23.8 Å². The first kappa shape index (κ1) is 11.3. The summed E-state index contributed by atoms with van der Waals surface area (Å²) in [6.07, 6.45) is -4.63. The number of carbonyl (C=O) groups is 2. The van der Waals surface area contributed by atoms with Crippen molar-refractivity contribution in [2.45, 2.75) is 91.1 Å². The van der Waals surface area contributed by atoms with Gasteiger partial charge in [0.2, 0.25) is 0 Å². The normalized spacial score (nSPS) is 48.0. The van der Waals surface area contributed by atoms with Crippen LogP contribution in [-0.4, -0.2) is 35.4 Å². The van der Waals surface area contributed by atoms with Crippen LogP contribution in [0.1, 0.15) is 90.7 Å². The quantitative estimate of drug-likeness (QED) is 0.623. The Labute approximate surface area is 199 Å². The van der Waals surface area contributed by atoms with E-state index in [9.17, 15) is 14.7 Å². The predicted octanol–water partition coefficient (Wildman–Crippen LogP) is 4.59. The number of fused-ring (bicyclic) bond motifs is 1. The molecule has 1 heterocycles. The molecular formula is C25H38O5. The van der Waals surface area contributed by atoms with Crippen molar-refractivity contribution in [3.8, 4) is 0 Å². The molecule has 0 radical (unpaired) electrons. The summed E-state index contributed by atoms with van der Waals surface area (Å²) in [6.45, 7) is -6.96. The monoisotopic (exact) mass is 431 g/mol. The Morgan fingerprint density at radius 3 is 3.00 bits per heavy atom. The van der Waals surface area contributed by atoms with Crippen molar-refractivity contribution >= 4 is 11.9 Å². The number of esters is 2. The standard InChI is InChI=1S/C25H38O5/c1-6-25(4,5)24(28)30-21-12-15(2)11-17-8-7-16(3)20(23(17)21)10-9-19-13-18(26)14-22(27)29-19/h7-8,11,15-16,18-21,23,26H,6,9-10,12-14H2,1-5H3/t15-,16-,18+,19?,20-,21?,23-/m0/s1/i1D3,2D3,4D3,6D2,14D2/t15-,16-,18+,19?,20-,21?,23-,25?. The second-order valence-corrected chi connectivity index (χ2v) is 8.61. The summed E-state index contributed by atoms with van der Waals surface area (Å²) in [5.41, 5.74) is -2.64. The fourth-order valence-electron chi connectivity index (χ4n) is 4.55. The predicted molar refractivity (Wildman–Crippen MR) is 115 cm³/mol. The van der Waals surface area contributed by atoms with Crippen molar-refractivity contribution in [1.82, 2.24) is 0 Å². The Balaban J connectivity index is 1.99. The SMILES string of the molecule is [2H]C([2H])([2H])[C@H]1C=C2C=C[C@H](C)[C@H](CCC3C[C@@H](O)C([2H])([2H])C(=O)O3)[C@H]2C(OC(=O)C(C)(C([2H])([2H])[2H])C([2H])([2H])C([2H])([2H])[2H])C1. The third-order valence-corrected chi connectivity index (χ3v) is 6.18. The highest BCUT2D eigenvalue weighted by Gasteiger charge is 2.43. The van der Waals surface area contributed by atoms with Gasteiger partial charge in [-0.2, -0.15) is 0 Å². The van der Waals surface area contributed by atoms with Crippen LogP contribution in [0.4, 0.5) is 0 Å². The number of carbonyl (C=O) groups excluding carboxylic acids is 2. The van der Waals surface area contributed by atoms with Crippen LogP contribution in [0.5, 0.6) is 0 Å². The lowest BCUT2D eigenvalue weighted by molar-refractivity contribution is -0.166. The van der Waals surface area contributed by atoms with E-state index in [0.29, 0.717) is 18.9 Å². The van der Waals surface area contributed by atoms with Gasteiger partial charge in [0.25, 0.3) is 0 Å². The van der Waals surface area contributed by atoms with Crippen LogP contribution in [0.25, 0.3) is 0 Å². The number of aliphatic hydroxyl groups excluding tert-OH is 1. The van der Waals surface area contributed by atoms with Gasteiger partial charge in [-0.1, -0.05) is 38.9 Å². The average molecular weight is 432 g/mol. The zero-order valence-corrected chi connectivity index (χ0v) is 17.2. The molecule has 3 unspecified atom stereocenters. The second-order valence-electron chi connectivity index (χ2n) is 8.61. The van der Waals surface area contributed by atoms with Gasteiger partial charge in [0.05, 0.1) is 17.9 Å². The highest BCUT2D eigenvalue weighted by atomic mass is 16.6. The summed E-state index contributed by atoms with van der Waals surface area (Å²) in [6, 6.07) is 0. The molecule has 0 bridgehead atoms. The van der Waals surface area contributed by atoms with Crippen molar-refractivity contribution in [2.24, 2.45) is 29.1 Å². The molecule has 3 rings (SSSR count). The van der Waals surface area contributed by atoms with Crippen molar-refractivity contribution in [1.29, 1.82) is 0 Å². The molecule has 1 saturated heterocycles. The minimum atomic E-state index is -3.55. The number of hydrogen-bond donors (Lipinski definition) is 1. The lowest BCUT2D eigenvalue weighted by Gasteiger charge is -2.44. The molecule has 2 aliphatic carbocycles. The molecular weight excluding hydrogens is 380 g/mol. The molecule has 3 aliphatic rings. The number of rotatable bonds is 6. The molecule has 0 aromatic heterocycles. The highest BCUT2D eigenvalue weighted by Crippen LogP contribution is 2.45. The topological polar surface area (TPSA) is 72.8 Å². The summed E-state index contributed by atoms with van der Waals surface area (Å²) < 4.78 is 113. The minimum Gasteiger partial charge on any atom is -0.462 e. The number of cyclic esters (lactones) is 1. The summed E-state index contributed by atoms with van der Waals surface area (Å²) in [4.78, 5) is 25.8. The Bertz CT molecular complexity index is 1140. The van der Waals surface area contributed by atoms with Crippen molar-refractivity contribution in [3.63, 3.8) is 0 Å². The lowest BCUT2D eigenvalue weighted by atomic mass is 9.65. The Hall–Kier alpha value is -1.62. The van der Waals surface area contributed by atoms with Crippen LogP contribution in [0, 0.1) is 29.1 Å². The van der Waals surface area contributed by atoms with E-state index in [1.165, 1.54) is 0 Å². The number of ether oxygens (including phenoxy) is 2. The van der Waals surface area contributed by atoms with Gasteiger partial charge in [0.1, 0.15) is 12.2 Å². The van der Waals surface area contributed by atoms with E-state index in [1.807, 2.05) is 13.0 Å². The van der Waals surface area contributed by atoms with Gasteiger partial charge in [0, 0.05) is 30.2 Å². The van der Waals surface area contributed by atoms with Crippen LogP contribution < -0.4 is 0 Å². The second kappa shape index (κ2) is 9.25. The summed E-state index contributed by atoms with van der Waals surface area (Å²) >= 11 is 0. The third kappa shape index (κ3) is 5.16. The molecule has 0 saturated carbocycles. The smallest absolute Gasteiger partial charge is 0.311 e. The zero-order valence-electron chi connectivity index (χ0n) is 30.2. The number of aliphatic hydroxyl groups is 1. The average Bonchev–Trinajstić information content (AvgIpc) is 2.84. The van der Waals surface area contributed by atoms with Crippen LogP contribution in [0.2, 0.25) is 0 Å². The third-order valence-electron chi connectivity index (χ3n) is 6.18. The maximum absolute atomic E-state index is 13.7. The molecule has 0 aromatic rings.